The van der Waals surface area contributed by atoms with Gasteiger partial charge in [-0.1, -0.05) is 32.9 Å². The van der Waals surface area contributed by atoms with Gasteiger partial charge in [0.1, 0.15) is 24.9 Å². The number of esters is 2. The summed E-state index contributed by atoms with van der Waals surface area (Å²) in [5.74, 6) is -5.77. The number of hydrogen-bond acceptors (Lipinski definition) is 15. The van der Waals surface area contributed by atoms with Crippen molar-refractivity contribution in [2.24, 2.45) is 28.8 Å². The van der Waals surface area contributed by atoms with Crippen molar-refractivity contribution in [3.63, 3.8) is 0 Å². The molecule has 3 fully saturated rings. The molecule has 3 saturated heterocycles. The van der Waals surface area contributed by atoms with E-state index in [-0.39, 0.29) is 25.0 Å². The highest BCUT2D eigenvalue weighted by Gasteiger charge is 2.53. The van der Waals surface area contributed by atoms with E-state index < -0.39 is 109 Å². The first-order valence-corrected chi connectivity index (χ1v) is 17.9. The summed E-state index contributed by atoms with van der Waals surface area (Å²) in [6.45, 7) is 15.2. The van der Waals surface area contributed by atoms with Gasteiger partial charge < -0.3 is 48.4 Å². The number of carbonyl (C=O) groups excluding carboxylic acids is 4. The zero-order valence-corrected chi connectivity index (χ0v) is 32.2. The number of cyclic esters (lactones) is 1. The van der Waals surface area contributed by atoms with Gasteiger partial charge in [0.05, 0.1) is 47.7 Å². The summed E-state index contributed by atoms with van der Waals surface area (Å²) >= 11 is 0. The van der Waals surface area contributed by atoms with Crippen molar-refractivity contribution < 1.29 is 62.6 Å². The summed E-state index contributed by atoms with van der Waals surface area (Å²) in [4.78, 5) is 58.7. The van der Waals surface area contributed by atoms with E-state index in [1.807, 2.05) is 32.8 Å². The molecule has 0 aliphatic carbocycles. The molecular weight excluding hydrogens is 668 g/mol. The molecule has 0 aromatic carbocycles. The number of fused-ring (bicyclic) bond motifs is 5. The third-order valence-corrected chi connectivity index (χ3v) is 10.6. The lowest BCUT2D eigenvalue weighted by Gasteiger charge is -2.49. The van der Waals surface area contributed by atoms with Gasteiger partial charge in [0.25, 0.3) is 0 Å². The van der Waals surface area contributed by atoms with E-state index >= 15 is 0 Å². The Labute approximate surface area is 301 Å². The number of ether oxygens (including phenoxy) is 6. The number of nitrogens with zero attached hydrogens (tertiary/aromatic N) is 2. The van der Waals surface area contributed by atoms with E-state index in [0.29, 0.717) is 12.1 Å². The molecule has 0 aromatic heterocycles. The van der Waals surface area contributed by atoms with E-state index in [2.05, 4.69) is 5.16 Å². The average molecular weight is 729 g/mol. The van der Waals surface area contributed by atoms with Gasteiger partial charge in [0.2, 0.25) is 0 Å². The molecular formula is C36H60N2O13. The van der Waals surface area contributed by atoms with Crippen molar-refractivity contribution in [1.82, 2.24) is 4.90 Å². The molecule has 2 bridgehead atoms. The Morgan fingerprint density at radius 2 is 1.67 bits per heavy atom. The Bertz CT molecular complexity index is 1270. The van der Waals surface area contributed by atoms with Gasteiger partial charge in [-0.3, -0.25) is 14.4 Å². The van der Waals surface area contributed by atoms with E-state index in [0.717, 1.165) is 0 Å². The number of aliphatic hydroxyl groups excluding tert-OH is 1. The smallest absolute Gasteiger partial charge is 0.331 e. The maximum atomic E-state index is 13.7. The van der Waals surface area contributed by atoms with Gasteiger partial charge in [-0.2, -0.15) is 0 Å². The van der Waals surface area contributed by atoms with Gasteiger partial charge in [-0.15, -0.1) is 0 Å². The van der Waals surface area contributed by atoms with Crippen LogP contribution >= 0.6 is 0 Å². The monoisotopic (exact) mass is 728 g/mol. The van der Waals surface area contributed by atoms with Crippen LogP contribution in [-0.2, 0) is 52.4 Å². The molecule has 15 heteroatoms. The molecule has 292 valence electrons. The summed E-state index contributed by atoms with van der Waals surface area (Å²) in [5, 5.41) is 28.2. The van der Waals surface area contributed by atoms with E-state index in [4.69, 9.17) is 33.3 Å². The Kier molecular flexibility index (Phi) is 14.7. The van der Waals surface area contributed by atoms with Crippen molar-refractivity contribution in [2.45, 2.75) is 149 Å². The second-order valence-electron chi connectivity index (χ2n) is 15.3. The molecule has 0 saturated carbocycles. The van der Waals surface area contributed by atoms with E-state index in [1.165, 1.54) is 27.7 Å². The van der Waals surface area contributed by atoms with Crippen LogP contribution < -0.4 is 0 Å². The lowest BCUT2D eigenvalue weighted by atomic mass is 9.73. The van der Waals surface area contributed by atoms with Crippen molar-refractivity contribution in [3.8, 4) is 0 Å². The summed E-state index contributed by atoms with van der Waals surface area (Å²) in [6, 6.07) is -0.298. The lowest BCUT2D eigenvalue weighted by Crippen LogP contribution is -2.61. The largest absolute Gasteiger partial charge is 0.459 e. The predicted octanol–water partition coefficient (Wildman–Crippen LogP) is 2.41. The molecule has 0 unspecified atom stereocenters. The fraction of sp³-hybridized carbons (Fsp3) is 0.861. The molecule has 14 atom stereocenters. The number of ketones is 1. The molecule has 3 heterocycles. The second kappa shape index (κ2) is 17.5. The lowest BCUT2D eigenvalue weighted by molar-refractivity contribution is -0.304. The van der Waals surface area contributed by atoms with Crippen LogP contribution in [-0.4, -0.2) is 132 Å². The number of likely N-dealkylation sites (N-methyl/N-ethyl adjacent to an activating group) is 1. The van der Waals surface area contributed by atoms with Crippen molar-refractivity contribution in [2.75, 3.05) is 27.3 Å². The Hall–Kier alpha value is -2.53. The zero-order valence-electron chi connectivity index (χ0n) is 32.2. The zero-order chi connectivity index (χ0) is 38.6. The number of aliphatic hydroxyl groups is 2. The molecule has 51 heavy (non-hydrogen) atoms. The molecule has 0 radical (unpaired) electrons. The third-order valence-electron chi connectivity index (χ3n) is 10.6. The highest BCUT2D eigenvalue weighted by molar-refractivity contribution is 5.89. The Morgan fingerprint density at radius 3 is 2.24 bits per heavy atom. The minimum absolute atomic E-state index is 0.0922. The quantitative estimate of drug-likeness (QED) is 0.230. The highest BCUT2D eigenvalue weighted by Crippen LogP contribution is 2.41. The molecule has 0 amide bonds. The molecule has 2 N–H and O–H groups in total. The van der Waals surface area contributed by atoms with Crippen LogP contribution in [0.15, 0.2) is 5.16 Å². The van der Waals surface area contributed by atoms with Gasteiger partial charge in [0.15, 0.2) is 18.2 Å². The van der Waals surface area contributed by atoms with E-state index in [1.54, 1.807) is 27.7 Å². The van der Waals surface area contributed by atoms with Gasteiger partial charge in [-0.25, -0.2) is 4.79 Å². The number of hydrogen-bond donors (Lipinski definition) is 2. The first-order chi connectivity index (χ1) is 23.6. The molecule has 3 aliphatic rings. The summed E-state index contributed by atoms with van der Waals surface area (Å²) in [6.07, 6.45) is -6.35. The number of rotatable bonds is 6. The van der Waals surface area contributed by atoms with Crippen LogP contribution in [0.5, 0.6) is 0 Å². The van der Waals surface area contributed by atoms with Gasteiger partial charge in [-0.05, 0) is 61.1 Å². The van der Waals surface area contributed by atoms with Crippen LogP contribution in [0, 0.1) is 23.7 Å². The number of Topliss-reactive ketones (excluding diaryl/α,β-unsaturated/α-hetero) is 1. The maximum Gasteiger partial charge on any atom is 0.331 e. The summed E-state index contributed by atoms with van der Waals surface area (Å²) in [7, 11) is 3.72. The molecule has 3 aliphatic heterocycles. The Balaban J connectivity index is 2.32. The van der Waals surface area contributed by atoms with Crippen LogP contribution in [0.1, 0.15) is 88.5 Å². The maximum absolute atomic E-state index is 13.7. The van der Waals surface area contributed by atoms with Gasteiger partial charge in [0, 0.05) is 31.6 Å². The Morgan fingerprint density at radius 1 is 1.02 bits per heavy atom. The first-order valence-electron chi connectivity index (χ1n) is 17.9. The normalized spacial score (nSPS) is 42.7. The van der Waals surface area contributed by atoms with E-state index in [9.17, 15) is 29.4 Å². The van der Waals surface area contributed by atoms with Crippen molar-refractivity contribution in [1.29, 1.82) is 0 Å². The fourth-order valence-corrected chi connectivity index (χ4v) is 7.90. The minimum Gasteiger partial charge on any atom is -0.459 e. The van der Waals surface area contributed by atoms with Crippen LogP contribution in [0.25, 0.3) is 0 Å². The molecule has 0 spiro atoms. The second-order valence-corrected chi connectivity index (χ2v) is 15.3. The van der Waals surface area contributed by atoms with Crippen LogP contribution in [0.3, 0.4) is 0 Å². The average Bonchev–Trinajstić information content (AvgIpc) is 3.04. The molecule has 0 aromatic rings. The summed E-state index contributed by atoms with van der Waals surface area (Å²) in [5.41, 5.74) is -2.98. The van der Waals surface area contributed by atoms with Crippen LogP contribution in [0.4, 0.5) is 0 Å². The van der Waals surface area contributed by atoms with Crippen molar-refractivity contribution >= 4 is 29.4 Å². The van der Waals surface area contributed by atoms with Crippen LogP contribution in [0.2, 0.25) is 0 Å². The predicted molar refractivity (Wildman–Crippen MR) is 183 cm³/mol. The number of carbonyl (C=O) groups is 4. The third kappa shape index (κ3) is 10.1. The first kappa shape index (κ1) is 42.9. The molecule has 3 rings (SSSR count). The SMILES string of the molecule is CC[C@H]1OC(=O)[C@H](C)[C@@H](O)[C@H](C)[C@@H](O[C@@H]2O[C@H](C)C[C@H](N(C)C)[C@H]2OC(C)=O)[C@@]2(C)C[C@@H](C)/C(=N\OC(C)=O)[C@H](C)[C@@H](OCC(=O)CO2)[C@]1(C)O. The summed E-state index contributed by atoms with van der Waals surface area (Å²) < 4.78 is 37.5. The topological polar surface area (TPSA) is 189 Å². The standard InChI is InChI=1S/C36H60N2O13/c1-13-27-36(10,44)32-20(4)28(37-51-24(8)40)18(2)15-35(9,46-17-25(41)16-45-32)31(21(5)29(42)22(6)33(43)49-27)50-34-30(48-23(7)39)26(38(11)12)14-19(3)47-34/h18-22,26-27,29-32,34,42,44H,13-17H2,1-12H3/b37-28+/t18-,19-,20+,21+,22-,26+,27-,29+,30-,31-,32-,34+,35-,36-/m1/s1. The number of oxime groups is 1. The highest BCUT2D eigenvalue weighted by atomic mass is 16.7. The van der Waals surface area contributed by atoms with Crippen molar-refractivity contribution in [3.05, 3.63) is 0 Å². The van der Waals surface area contributed by atoms with Gasteiger partial charge >= 0.3 is 17.9 Å². The minimum atomic E-state index is -1.87. The fourth-order valence-electron chi connectivity index (χ4n) is 7.90. The molecule has 15 nitrogen and oxygen atoms in total.